The number of anilines is 2. The van der Waals surface area contributed by atoms with Gasteiger partial charge in [-0.15, -0.1) is 0 Å². The van der Waals surface area contributed by atoms with Gasteiger partial charge in [-0.05, 0) is 36.4 Å². The summed E-state index contributed by atoms with van der Waals surface area (Å²) in [6, 6.07) is 9.36. The Morgan fingerprint density at radius 1 is 1.11 bits per heavy atom. The first-order chi connectivity index (χ1) is 13.2. The number of para-hydroxylation sites is 1. The molecule has 9 heteroatoms. The molecule has 0 saturated carbocycles. The van der Waals surface area contributed by atoms with Crippen LogP contribution in [0.1, 0.15) is 12.0 Å². The molecule has 0 unspecified atom stereocenters. The van der Waals surface area contributed by atoms with Crippen LogP contribution in [0.25, 0.3) is 0 Å². The van der Waals surface area contributed by atoms with Crippen molar-refractivity contribution >= 4 is 23.3 Å². The smallest absolute Gasteiger partial charge is 0.338 e. The van der Waals surface area contributed by atoms with E-state index < -0.39 is 23.6 Å². The Hall–Kier alpha value is -3.10. The van der Waals surface area contributed by atoms with E-state index in [0.29, 0.717) is 12.2 Å². The van der Waals surface area contributed by atoms with Crippen molar-refractivity contribution in [3.8, 4) is 0 Å². The summed E-state index contributed by atoms with van der Waals surface area (Å²) in [5, 5.41) is 4.69. The Morgan fingerprint density at radius 3 is 2.46 bits per heavy atom. The molecule has 3 amide bonds. The highest BCUT2D eigenvalue weighted by Gasteiger charge is 2.34. The van der Waals surface area contributed by atoms with Crippen molar-refractivity contribution in [2.24, 2.45) is 5.92 Å². The molecule has 2 N–H and O–H groups in total. The van der Waals surface area contributed by atoms with E-state index in [1.165, 1.54) is 41.3 Å². The maximum absolute atomic E-state index is 13.0. The van der Waals surface area contributed by atoms with Gasteiger partial charge in [0.1, 0.15) is 5.82 Å². The summed E-state index contributed by atoms with van der Waals surface area (Å²) in [6.07, 6.45) is -4.41. The molecule has 1 saturated heterocycles. The summed E-state index contributed by atoms with van der Waals surface area (Å²) in [7, 11) is 0. The van der Waals surface area contributed by atoms with Crippen molar-refractivity contribution < 1.29 is 27.2 Å². The van der Waals surface area contributed by atoms with Crippen molar-refractivity contribution in [3.05, 3.63) is 59.9 Å². The van der Waals surface area contributed by atoms with E-state index >= 15 is 0 Å². The van der Waals surface area contributed by atoms with Gasteiger partial charge in [0, 0.05) is 31.1 Å². The van der Waals surface area contributed by atoms with Crippen LogP contribution < -0.4 is 15.5 Å². The number of hydrogen-bond donors (Lipinski definition) is 2. The van der Waals surface area contributed by atoms with Crippen LogP contribution in [-0.2, 0) is 11.0 Å². The van der Waals surface area contributed by atoms with Crippen molar-refractivity contribution in [2.75, 3.05) is 23.3 Å². The van der Waals surface area contributed by atoms with Gasteiger partial charge in [0.15, 0.2) is 0 Å². The Kier molecular flexibility index (Phi) is 5.53. The number of alkyl halides is 3. The van der Waals surface area contributed by atoms with Gasteiger partial charge in [0.2, 0.25) is 5.91 Å². The van der Waals surface area contributed by atoms with Crippen molar-refractivity contribution in [1.29, 1.82) is 0 Å². The van der Waals surface area contributed by atoms with E-state index in [1.807, 2.05) is 0 Å². The summed E-state index contributed by atoms with van der Waals surface area (Å²) >= 11 is 0. The van der Waals surface area contributed by atoms with Crippen LogP contribution in [0, 0.1) is 11.7 Å². The lowest BCUT2D eigenvalue weighted by Gasteiger charge is -2.17. The van der Waals surface area contributed by atoms with Crippen LogP contribution in [0.5, 0.6) is 0 Å². The molecule has 1 fully saturated rings. The lowest BCUT2D eigenvalue weighted by Crippen LogP contribution is -2.34. The van der Waals surface area contributed by atoms with Gasteiger partial charge >= 0.3 is 12.2 Å². The second-order valence-corrected chi connectivity index (χ2v) is 6.43. The maximum atomic E-state index is 13.0. The lowest BCUT2D eigenvalue weighted by atomic mass is 10.1. The number of amides is 3. The SMILES string of the molecule is O=C(NC[C@@H]1CC(=O)N(c2ccc(F)cc2)C1)Nc1ccccc1C(F)(F)F. The number of urea groups is 1. The van der Waals surface area contributed by atoms with Crippen LogP contribution in [0.15, 0.2) is 48.5 Å². The van der Waals surface area contributed by atoms with Crippen LogP contribution >= 0.6 is 0 Å². The van der Waals surface area contributed by atoms with Gasteiger partial charge in [-0.1, -0.05) is 12.1 Å². The second kappa shape index (κ2) is 7.87. The highest BCUT2D eigenvalue weighted by Crippen LogP contribution is 2.34. The fourth-order valence-electron chi connectivity index (χ4n) is 3.03. The van der Waals surface area contributed by atoms with Gasteiger partial charge in [0.25, 0.3) is 0 Å². The van der Waals surface area contributed by atoms with E-state index in [4.69, 9.17) is 0 Å². The number of carbonyl (C=O) groups is 2. The number of rotatable bonds is 4. The van der Waals surface area contributed by atoms with Crippen LogP contribution in [0.2, 0.25) is 0 Å². The predicted octanol–water partition coefficient (Wildman–Crippen LogP) is 4.02. The molecule has 1 aliphatic rings. The molecular formula is C19H17F4N3O2. The molecule has 0 bridgehead atoms. The second-order valence-electron chi connectivity index (χ2n) is 6.43. The molecule has 28 heavy (non-hydrogen) atoms. The summed E-state index contributed by atoms with van der Waals surface area (Å²) < 4.78 is 51.9. The minimum atomic E-state index is -4.59. The first kappa shape index (κ1) is 19.7. The van der Waals surface area contributed by atoms with Crippen LogP contribution in [0.3, 0.4) is 0 Å². The Labute approximate surface area is 158 Å². The molecule has 0 aliphatic carbocycles. The molecule has 2 aromatic rings. The van der Waals surface area contributed by atoms with E-state index in [9.17, 15) is 27.2 Å². The molecule has 1 aliphatic heterocycles. The first-order valence-electron chi connectivity index (χ1n) is 8.51. The minimum absolute atomic E-state index is 0.115. The first-order valence-corrected chi connectivity index (χ1v) is 8.51. The molecule has 2 aromatic carbocycles. The normalized spacial score (nSPS) is 16.9. The minimum Gasteiger partial charge on any atom is -0.338 e. The maximum Gasteiger partial charge on any atom is 0.418 e. The van der Waals surface area contributed by atoms with Crippen molar-refractivity contribution in [1.82, 2.24) is 5.32 Å². The van der Waals surface area contributed by atoms with E-state index in [-0.39, 0.29) is 30.5 Å². The van der Waals surface area contributed by atoms with E-state index in [1.54, 1.807) is 0 Å². The number of carbonyl (C=O) groups excluding carboxylic acids is 2. The lowest BCUT2D eigenvalue weighted by molar-refractivity contribution is -0.136. The molecule has 3 rings (SSSR count). The largest absolute Gasteiger partial charge is 0.418 e. The number of nitrogens with zero attached hydrogens (tertiary/aromatic N) is 1. The third kappa shape index (κ3) is 4.59. The zero-order valence-corrected chi connectivity index (χ0v) is 14.6. The average Bonchev–Trinajstić information content (AvgIpc) is 3.01. The fraction of sp³-hybridized carbons (Fsp3) is 0.263. The van der Waals surface area contributed by atoms with Gasteiger partial charge < -0.3 is 15.5 Å². The summed E-state index contributed by atoms with van der Waals surface area (Å²) in [5.41, 5.74) is -0.732. The Bertz CT molecular complexity index is 868. The average molecular weight is 395 g/mol. The van der Waals surface area contributed by atoms with E-state index in [2.05, 4.69) is 10.6 Å². The van der Waals surface area contributed by atoms with Gasteiger partial charge in [-0.2, -0.15) is 13.2 Å². The molecule has 0 aromatic heterocycles. The zero-order valence-electron chi connectivity index (χ0n) is 14.6. The van der Waals surface area contributed by atoms with Crippen molar-refractivity contribution in [2.45, 2.75) is 12.6 Å². The monoisotopic (exact) mass is 395 g/mol. The zero-order chi connectivity index (χ0) is 20.3. The number of halogens is 4. The molecule has 0 radical (unpaired) electrons. The summed E-state index contributed by atoms with van der Waals surface area (Å²) in [4.78, 5) is 25.6. The third-order valence-corrected chi connectivity index (χ3v) is 4.38. The van der Waals surface area contributed by atoms with Crippen LogP contribution in [-0.4, -0.2) is 25.0 Å². The summed E-state index contributed by atoms with van der Waals surface area (Å²) in [6.45, 7) is 0.438. The van der Waals surface area contributed by atoms with Gasteiger partial charge in [-0.3, -0.25) is 4.79 Å². The number of hydrogen-bond acceptors (Lipinski definition) is 2. The Balaban J connectivity index is 1.56. The van der Waals surface area contributed by atoms with Crippen LogP contribution in [0.4, 0.5) is 33.7 Å². The molecule has 148 valence electrons. The third-order valence-electron chi connectivity index (χ3n) is 4.38. The van der Waals surface area contributed by atoms with Crippen molar-refractivity contribution in [3.63, 3.8) is 0 Å². The molecule has 0 spiro atoms. The number of benzene rings is 2. The van der Waals surface area contributed by atoms with Gasteiger partial charge in [0.05, 0.1) is 11.3 Å². The predicted molar refractivity (Wildman–Crippen MR) is 95.3 cm³/mol. The molecular weight excluding hydrogens is 378 g/mol. The standard InChI is InChI=1S/C19H17F4N3O2/c20-13-5-7-14(8-6-13)26-11-12(9-17(26)27)10-24-18(28)25-16-4-2-1-3-15(16)19(21,22)23/h1-8,12H,9-11H2,(H2,24,25,28)/t12-/m0/s1. The highest BCUT2D eigenvalue weighted by molar-refractivity contribution is 5.96. The number of nitrogens with one attached hydrogen (secondary N) is 2. The molecule has 1 heterocycles. The van der Waals surface area contributed by atoms with Gasteiger partial charge in [-0.25, -0.2) is 9.18 Å². The topological polar surface area (TPSA) is 61.4 Å². The van der Waals surface area contributed by atoms with E-state index in [0.717, 1.165) is 12.1 Å². The summed E-state index contributed by atoms with van der Waals surface area (Å²) in [5.74, 6) is -0.785. The fourth-order valence-corrected chi connectivity index (χ4v) is 3.03. The molecule has 1 atom stereocenters. The highest BCUT2D eigenvalue weighted by atomic mass is 19.4. The quantitative estimate of drug-likeness (QED) is 0.769. The molecule has 5 nitrogen and oxygen atoms in total. The Morgan fingerprint density at radius 2 is 1.79 bits per heavy atom.